The second-order valence-electron chi connectivity index (χ2n) is 7.35. The molecule has 0 bridgehead atoms. The fourth-order valence-electron chi connectivity index (χ4n) is 3.03. The smallest absolute Gasteiger partial charge is 0.334 e. The average Bonchev–Trinajstić information content (AvgIpc) is 2.62. The number of carbonyl (C=O) groups is 4. The van der Waals surface area contributed by atoms with Crippen molar-refractivity contribution in [1.29, 1.82) is 0 Å². The number of esters is 2. The number of carbonyl (C=O) groups excluding carboxylic acids is 4. The molecule has 0 spiro atoms. The van der Waals surface area contributed by atoms with E-state index in [1.807, 2.05) is 6.92 Å². The molecule has 0 aromatic carbocycles. The van der Waals surface area contributed by atoms with Crippen molar-refractivity contribution in [2.45, 2.75) is 96.7 Å². The monoisotopic (exact) mass is 395 g/mol. The number of ketones is 1. The van der Waals surface area contributed by atoms with Gasteiger partial charge in [-0.2, -0.15) is 0 Å². The number of carboxylic acids is 1. The van der Waals surface area contributed by atoms with Crippen molar-refractivity contribution in [2.24, 2.45) is 0 Å². The van der Waals surface area contributed by atoms with Crippen molar-refractivity contribution >= 4 is 23.7 Å². The minimum atomic E-state index is -1.35. The lowest BCUT2D eigenvalue weighted by Gasteiger charge is -2.17. The number of aliphatic carboxylic acids is 1. The van der Waals surface area contributed by atoms with Crippen LogP contribution in [-0.2, 0) is 28.7 Å². The fourth-order valence-corrected chi connectivity index (χ4v) is 3.03. The Hall–Kier alpha value is -2.18. The highest BCUT2D eigenvalue weighted by Crippen LogP contribution is 2.16. The van der Waals surface area contributed by atoms with E-state index in [0.717, 1.165) is 51.0 Å². The van der Waals surface area contributed by atoms with Crippen molar-refractivity contribution in [3.05, 3.63) is 11.6 Å². The van der Waals surface area contributed by atoms with E-state index in [1.165, 1.54) is 6.92 Å². The number of carboxylic acid groups (broad SMARTS) is 1. The third-order valence-electron chi connectivity index (χ3n) is 4.69. The number of hydrogen-bond acceptors (Lipinski definition) is 7. The van der Waals surface area contributed by atoms with E-state index in [9.17, 15) is 24.3 Å². The standard InChI is InChI=1S/C21H32O7/c1-15-14-17(22)18(28-20(25)13-12-19(23)24)11-9-7-5-3-4-6-8-10-16(2)27-21(15)26/h14,16,18H,3-13H2,1-2H3,(H,23,24)/p-1. The summed E-state index contributed by atoms with van der Waals surface area (Å²) in [7, 11) is 0. The Balaban J connectivity index is 2.82. The molecule has 158 valence electrons. The van der Waals surface area contributed by atoms with Crippen LogP contribution in [0.15, 0.2) is 11.6 Å². The van der Waals surface area contributed by atoms with Crippen LogP contribution in [0.1, 0.15) is 84.5 Å². The summed E-state index contributed by atoms with van der Waals surface area (Å²) in [6.07, 6.45) is 7.17. The van der Waals surface area contributed by atoms with Gasteiger partial charge in [-0.1, -0.05) is 32.1 Å². The predicted molar refractivity (Wildman–Crippen MR) is 100.0 cm³/mol. The fraction of sp³-hybridized carbons (Fsp3) is 0.714. The summed E-state index contributed by atoms with van der Waals surface area (Å²) in [5, 5.41) is 10.5. The molecule has 1 aliphatic rings. The molecule has 0 fully saturated rings. The van der Waals surface area contributed by atoms with Crippen LogP contribution in [0, 0.1) is 0 Å². The molecule has 0 saturated heterocycles. The normalized spacial score (nSPS) is 23.4. The van der Waals surface area contributed by atoms with Crippen LogP contribution < -0.4 is 5.11 Å². The van der Waals surface area contributed by atoms with E-state index in [4.69, 9.17) is 9.47 Å². The lowest BCUT2D eigenvalue weighted by atomic mass is 10.0. The molecule has 0 saturated carbocycles. The number of ether oxygens (including phenoxy) is 2. The van der Waals surface area contributed by atoms with E-state index in [2.05, 4.69) is 0 Å². The van der Waals surface area contributed by atoms with E-state index in [0.29, 0.717) is 12.8 Å². The second kappa shape index (κ2) is 13.1. The first-order valence-electron chi connectivity index (χ1n) is 10.1. The molecular formula is C21H31O7-. The van der Waals surface area contributed by atoms with E-state index in [-0.39, 0.29) is 18.1 Å². The first-order valence-corrected chi connectivity index (χ1v) is 10.1. The van der Waals surface area contributed by atoms with E-state index in [1.54, 1.807) is 0 Å². The number of cyclic esters (lactones) is 1. The maximum Gasteiger partial charge on any atom is 0.334 e. The summed E-state index contributed by atoms with van der Waals surface area (Å²) in [6.45, 7) is 3.32. The van der Waals surface area contributed by atoms with Gasteiger partial charge in [0.05, 0.1) is 12.5 Å². The van der Waals surface area contributed by atoms with E-state index < -0.39 is 36.2 Å². The van der Waals surface area contributed by atoms with Crippen molar-refractivity contribution < 1.29 is 33.8 Å². The molecule has 7 heteroatoms. The first-order chi connectivity index (χ1) is 13.3. The Morgan fingerprint density at radius 2 is 1.61 bits per heavy atom. The van der Waals surface area contributed by atoms with Gasteiger partial charge in [0, 0.05) is 11.5 Å². The Morgan fingerprint density at radius 3 is 2.21 bits per heavy atom. The Morgan fingerprint density at radius 1 is 1.04 bits per heavy atom. The third kappa shape index (κ3) is 10.2. The summed E-state index contributed by atoms with van der Waals surface area (Å²) in [6, 6.07) is 0. The highest BCUT2D eigenvalue weighted by Gasteiger charge is 2.23. The van der Waals surface area contributed by atoms with Crippen LogP contribution in [-0.4, -0.2) is 35.9 Å². The Bertz CT molecular complexity index is 579. The number of hydrogen-bond donors (Lipinski definition) is 0. The van der Waals surface area contributed by atoms with Crippen LogP contribution in [0.25, 0.3) is 0 Å². The summed E-state index contributed by atoms with van der Waals surface area (Å²) >= 11 is 0. The van der Waals surface area contributed by atoms with Crippen LogP contribution in [0.4, 0.5) is 0 Å². The molecule has 28 heavy (non-hydrogen) atoms. The SMILES string of the molecule is CC1=CC(=O)C(OC(=O)CCC(=O)[O-])CCCCCCCCCC(C)OC1=O. The van der Waals surface area contributed by atoms with Crippen LogP contribution in [0.2, 0.25) is 0 Å². The Kier molecular flexibility index (Phi) is 11.1. The van der Waals surface area contributed by atoms with Crippen molar-refractivity contribution in [2.75, 3.05) is 0 Å². The molecule has 0 aliphatic carbocycles. The van der Waals surface area contributed by atoms with Crippen LogP contribution in [0.5, 0.6) is 0 Å². The molecule has 1 aliphatic heterocycles. The van der Waals surface area contributed by atoms with Gasteiger partial charge >= 0.3 is 11.9 Å². The first kappa shape index (κ1) is 23.9. The second-order valence-corrected chi connectivity index (χ2v) is 7.35. The minimum absolute atomic E-state index is 0.153. The lowest BCUT2D eigenvalue weighted by molar-refractivity contribution is -0.305. The van der Waals surface area contributed by atoms with E-state index >= 15 is 0 Å². The molecule has 1 rings (SSSR count). The van der Waals surface area contributed by atoms with Gasteiger partial charge in [-0.15, -0.1) is 0 Å². The van der Waals surface area contributed by atoms with Gasteiger partial charge in [-0.05, 0) is 52.0 Å². The average molecular weight is 395 g/mol. The molecule has 0 radical (unpaired) electrons. The van der Waals surface area contributed by atoms with Crippen molar-refractivity contribution in [3.63, 3.8) is 0 Å². The van der Waals surface area contributed by atoms with Crippen LogP contribution in [0.3, 0.4) is 0 Å². The van der Waals surface area contributed by atoms with Crippen molar-refractivity contribution in [3.8, 4) is 0 Å². The quantitative estimate of drug-likeness (QED) is 0.672. The molecule has 2 atom stereocenters. The highest BCUT2D eigenvalue weighted by atomic mass is 16.5. The molecule has 2 unspecified atom stereocenters. The summed E-state index contributed by atoms with van der Waals surface area (Å²) < 4.78 is 10.5. The predicted octanol–water partition coefficient (Wildman–Crippen LogP) is 2.40. The zero-order valence-electron chi connectivity index (χ0n) is 16.9. The molecule has 0 amide bonds. The topological polar surface area (TPSA) is 110 Å². The highest BCUT2D eigenvalue weighted by molar-refractivity contribution is 6.01. The molecule has 1 heterocycles. The molecule has 0 N–H and O–H groups in total. The van der Waals surface area contributed by atoms with Gasteiger partial charge in [0.15, 0.2) is 11.9 Å². The van der Waals surface area contributed by atoms with Crippen LogP contribution >= 0.6 is 0 Å². The van der Waals surface area contributed by atoms with Gasteiger partial charge in [0.2, 0.25) is 0 Å². The van der Waals surface area contributed by atoms with Gasteiger partial charge in [0.25, 0.3) is 0 Å². The molecule has 0 aromatic rings. The van der Waals surface area contributed by atoms with Crippen molar-refractivity contribution in [1.82, 2.24) is 0 Å². The number of rotatable bonds is 4. The third-order valence-corrected chi connectivity index (χ3v) is 4.69. The minimum Gasteiger partial charge on any atom is -0.550 e. The van der Waals surface area contributed by atoms with Gasteiger partial charge in [0.1, 0.15) is 0 Å². The lowest BCUT2D eigenvalue weighted by Crippen LogP contribution is -2.28. The van der Waals surface area contributed by atoms with Gasteiger partial charge in [-0.3, -0.25) is 9.59 Å². The molecule has 7 nitrogen and oxygen atoms in total. The molecular weight excluding hydrogens is 364 g/mol. The largest absolute Gasteiger partial charge is 0.550 e. The maximum atomic E-state index is 12.5. The summed E-state index contributed by atoms with van der Waals surface area (Å²) in [4.78, 5) is 47.0. The Labute approximate surface area is 166 Å². The maximum absolute atomic E-state index is 12.5. The van der Waals surface area contributed by atoms with Gasteiger partial charge < -0.3 is 19.4 Å². The molecule has 0 aromatic heterocycles. The van der Waals surface area contributed by atoms with Gasteiger partial charge in [-0.25, -0.2) is 4.79 Å². The zero-order chi connectivity index (χ0) is 20.9. The summed E-state index contributed by atoms with van der Waals surface area (Å²) in [5.41, 5.74) is 0.153. The summed E-state index contributed by atoms with van der Waals surface area (Å²) in [5.74, 6) is -3.17. The zero-order valence-corrected chi connectivity index (χ0v) is 16.9.